The van der Waals surface area contributed by atoms with E-state index in [0.717, 1.165) is 16.7 Å². The Labute approximate surface area is 164 Å². The Morgan fingerprint density at radius 2 is 1.68 bits per heavy atom. The maximum absolute atomic E-state index is 12.4. The Morgan fingerprint density at radius 3 is 2.29 bits per heavy atom. The summed E-state index contributed by atoms with van der Waals surface area (Å²) in [6.07, 6.45) is 4.25. The van der Waals surface area contributed by atoms with E-state index in [1.165, 1.54) is 0 Å². The molecule has 0 bridgehead atoms. The molecule has 0 aliphatic carbocycles. The zero-order valence-electron chi connectivity index (χ0n) is 15.8. The fourth-order valence-electron chi connectivity index (χ4n) is 3.20. The molecule has 2 atom stereocenters. The lowest BCUT2D eigenvalue weighted by molar-refractivity contribution is -0.141. The Balaban J connectivity index is 1.72. The first-order valence-electron chi connectivity index (χ1n) is 9.33. The summed E-state index contributed by atoms with van der Waals surface area (Å²) in [6.45, 7) is 1.66. The second-order valence-corrected chi connectivity index (χ2v) is 7.01. The van der Waals surface area contributed by atoms with Crippen LogP contribution in [0.15, 0.2) is 73.1 Å². The first-order valence-corrected chi connectivity index (χ1v) is 9.33. The monoisotopic (exact) mass is 376 g/mol. The number of aliphatic carboxylic acids is 1. The van der Waals surface area contributed by atoms with Crippen LogP contribution in [0.2, 0.25) is 0 Å². The van der Waals surface area contributed by atoms with E-state index in [1.807, 2.05) is 30.3 Å². The molecule has 0 spiro atoms. The Kier molecular flexibility index (Phi) is 6.27. The molecule has 5 nitrogen and oxygen atoms in total. The van der Waals surface area contributed by atoms with Crippen LogP contribution < -0.4 is 5.32 Å². The number of aromatic nitrogens is 1. The van der Waals surface area contributed by atoms with Crippen molar-refractivity contribution in [2.75, 3.05) is 0 Å². The van der Waals surface area contributed by atoms with Gasteiger partial charge < -0.3 is 15.4 Å². The molecule has 2 unspecified atom stereocenters. The quantitative estimate of drug-likeness (QED) is 0.553. The van der Waals surface area contributed by atoms with Crippen LogP contribution in [-0.4, -0.2) is 28.0 Å². The lowest BCUT2D eigenvalue weighted by Gasteiger charge is -2.21. The number of hydrogen-bond donors (Lipinski definition) is 3. The number of carbonyl (C=O) groups excluding carboxylic acids is 1. The number of hydrogen-bond acceptors (Lipinski definition) is 2. The van der Waals surface area contributed by atoms with Gasteiger partial charge in [-0.25, -0.2) is 0 Å². The third kappa shape index (κ3) is 5.10. The van der Waals surface area contributed by atoms with Crippen molar-refractivity contribution < 1.29 is 14.7 Å². The number of benzene rings is 2. The van der Waals surface area contributed by atoms with Crippen molar-refractivity contribution >= 4 is 11.9 Å². The Hall–Kier alpha value is -3.34. The second-order valence-electron chi connectivity index (χ2n) is 7.01. The highest BCUT2D eigenvalue weighted by molar-refractivity contribution is 5.94. The minimum absolute atomic E-state index is 0.204. The minimum Gasteiger partial charge on any atom is -0.481 e. The fourth-order valence-corrected chi connectivity index (χ4v) is 3.20. The van der Waals surface area contributed by atoms with Gasteiger partial charge in [-0.1, -0.05) is 61.5 Å². The summed E-state index contributed by atoms with van der Waals surface area (Å²) in [5.74, 6) is -1.61. The Morgan fingerprint density at radius 1 is 1.00 bits per heavy atom. The van der Waals surface area contributed by atoms with Gasteiger partial charge in [0.15, 0.2) is 0 Å². The zero-order valence-corrected chi connectivity index (χ0v) is 15.8. The molecule has 3 aromatic rings. The van der Waals surface area contributed by atoms with E-state index >= 15 is 0 Å². The molecule has 1 heterocycles. The van der Waals surface area contributed by atoms with E-state index in [4.69, 9.17) is 0 Å². The highest BCUT2D eigenvalue weighted by Gasteiger charge is 2.21. The fraction of sp³-hybridized carbons (Fsp3) is 0.217. The lowest BCUT2D eigenvalue weighted by Crippen LogP contribution is -2.38. The molecule has 0 aliphatic heterocycles. The van der Waals surface area contributed by atoms with Gasteiger partial charge in [0.1, 0.15) is 0 Å². The van der Waals surface area contributed by atoms with Gasteiger partial charge in [0.05, 0.1) is 11.5 Å². The van der Waals surface area contributed by atoms with E-state index in [9.17, 15) is 14.7 Å². The second kappa shape index (κ2) is 9.04. The molecule has 2 aromatic carbocycles. The van der Waals surface area contributed by atoms with Gasteiger partial charge >= 0.3 is 5.97 Å². The number of nitrogens with one attached hydrogen (secondary N) is 2. The molecule has 0 saturated heterocycles. The predicted molar refractivity (Wildman–Crippen MR) is 109 cm³/mol. The summed E-state index contributed by atoms with van der Waals surface area (Å²) in [4.78, 5) is 26.6. The largest absolute Gasteiger partial charge is 0.481 e. The van der Waals surface area contributed by atoms with Crippen molar-refractivity contribution in [2.24, 2.45) is 5.92 Å². The first-order chi connectivity index (χ1) is 13.5. The number of aromatic amines is 1. The van der Waals surface area contributed by atoms with Crippen molar-refractivity contribution in [3.05, 3.63) is 84.2 Å². The van der Waals surface area contributed by atoms with E-state index in [2.05, 4.69) is 34.6 Å². The summed E-state index contributed by atoms with van der Waals surface area (Å²) < 4.78 is 0. The van der Waals surface area contributed by atoms with Gasteiger partial charge in [0.2, 0.25) is 0 Å². The first kappa shape index (κ1) is 19.4. The number of rotatable bonds is 8. The highest BCUT2D eigenvalue weighted by atomic mass is 16.4. The predicted octanol–water partition coefficient (Wildman–Crippen LogP) is 4.13. The van der Waals surface area contributed by atoms with Gasteiger partial charge in [0, 0.05) is 18.4 Å². The van der Waals surface area contributed by atoms with Crippen LogP contribution in [0.3, 0.4) is 0 Å². The maximum Gasteiger partial charge on any atom is 0.306 e. The van der Waals surface area contributed by atoms with Crippen LogP contribution in [-0.2, 0) is 11.2 Å². The SMILES string of the molecule is CC(CC(Cc1ccc(-c2ccccc2)cc1)NC(=O)c1cc[nH]c1)C(=O)O. The topological polar surface area (TPSA) is 82.2 Å². The summed E-state index contributed by atoms with van der Waals surface area (Å²) in [5.41, 5.74) is 3.85. The normalized spacial score (nSPS) is 12.9. The van der Waals surface area contributed by atoms with Crippen LogP contribution in [0.25, 0.3) is 11.1 Å². The van der Waals surface area contributed by atoms with Gasteiger partial charge in [-0.05, 0) is 35.6 Å². The van der Waals surface area contributed by atoms with Crippen molar-refractivity contribution in [2.45, 2.75) is 25.8 Å². The molecule has 5 heteroatoms. The molecule has 0 saturated carbocycles. The molecule has 3 rings (SSSR count). The van der Waals surface area contributed by atoms with Crippen LogP contribution in [0.1, 0.15) is 29.3 Å². The van der Waals surface area contributed by atoms with Crippen molar-refractivity contribution in [3.63, 3.8) is 0 Å². The smallest absolute Gasteiger partial charge is 0.306 e. The summed E-state index contributed by atoms with van der Waals surface area (Å²) in [5, 5.41) is 12.2. The molecule has 0 fully saturated rings. The number of carboxylic acids is 1. The molecule has 144 valence electrons. The summed E-state index contributed by atoms with van der Waals surface area (Å²) in [7, 11) is 0. The van der Waals surface area contributed by atoms with E-state index in [1.54, 1.807) is 25.4 Å². The summed E-state index contributed by atoms with van der Waals surface area (Å²) >= 11 is 0. The number of carboxylic acid groups (broad SMARTS) is 1. The van der Waals surface area contributed by atoms with Gasteiger partial charge in [-0.3, -0.25) is 9.59 Å². The van der Waals surface area contributed by atoms with Crippen molar-refractivity contribution in [3.8, 4) is 11.1 Å². The average Bonchev–Trinajstić information content (AvgIpc) is 3.24. The molecular weight excluding hydrogens is 352 g/mol. The molecule has 28 heavy (non-hydrogen) atoms. The summed E-state index contributed by atoms with van der Waals surface area (Å²) in [6, 6.07) is 19.7. The molecule has 0 radical (unpaired) electrons. The molecular formula is C23H24N2O3. The molecule has 0 aliphatic rings. The van der Waals surface area contributed by atoms with Gasteiger partial charge in [-0.15, -0.1) is 0 Å². The van der Waals surface area contributed by atoms with Gasteiger partial charge in [0.25, 0.3) is 5.91 Å². The maximum atomic E-state index is 12.4. The number of amides is 1. The Bertz CT molecular complexity index is 903. The van der Waals surface area contributed by atoms with E-state index in [-0.39, 0.29) is 11.9 Å². The van der Waals surface area contributed by atoms with Crippen molar-refractivity contribution in [1.82, 2.24) is 10.3 Å². The molecule has 1 amide bonds. The van der Waals surface area contributed by atoms with Crippen LogP contribution in [0.5, 0.6) is 0 Å². The minimum atomic E-state index is -0.861. The standard InChI is InChI=1S/C23H24N2O3/c1-16(23(27)28)13-21(25-22(26)20-11-12-24-15-20)14-17-7-9-19(10-8-17)18-5-3-2-4-6-18/h2-12,15-16,21,24H,13-14H2,1H3,(H,25,26)(H,27,28). The number of carbonyl (C=O) groups is 2. The van der Waals surface area contributed by atoms with E-state index in [0.29, 0.717) is 18.4 Å². The zero-order chi connectivity index (χ0) is 19.9. The average molecular weight is 376 g/mol. The van der Waals surface area contributed by atoms with Gasteiger partial charge in [-0.2, -0.15) is 0 Å². The van der Waals surface area contributed by atoms with Crippen LogP contribution in [0, 0.1) is 5.92 Å². The van der Waals surface area contributed by atoms with Crippen molar-refractivity contribution in [1.29, 1.82) is 0 Å². The van der Waals surface area contributed by atoms with Crippen LogP contribution in [0.4, 0.5) is 0 Å². The third-order valence-corrected chi connectivity index (χ3v) is 4.80. The third-order valence-electron chi connectivity index (χ3n) is 4.80. The number of H-pyrrole nitrogens is 1. The molecule has 1 aromatic heterocycles. The highest BCUT2D eigenvalue weighted by Crippen LogP contribution is 2.20. The molecule has 3 N–H and O–H groups in total. The van der Waals surface area contributed by atoms with E-state index < -0.39 is 11.9 Å². The van der Waals surface area contributed by atoms with Crippen LogP contribution >= 0.6 is 0 Å². The lowest BCUT2D eigenvalue weighted by atomic mass is 9.94.